The van der Waals surface area contributed by atoms with Crippen LogP contribution in [0.1, 0.15) is 11.1 Å². The van der Waals surface area contributed by atoms with Crippen LogP contribution >= 0.6 is 31.9 Å². The Labute approximate surface area is 184 Å². The second kappa shape index (κ2) is 10.9. The van der Waals surface area contributed by atoms with Gasteiger partial charge in [0.2, 0.25) is 5.91 Å². The van der Waals surface area contributed by atoms with Crippen LogP contribution in [0.2, 0.25) is 0 Å². The number of halogens is 2. The Balaban J connectivity index is 0.000000427. The second-order valence-corrected chi connectivity index (χ2v) is 6.77. The van der Waals surface area contributed by atoms with Crippen molar-refractivity contribution in [3.05, 3.63) is 56.5 Å². The van der Waals surface area contributed by atoms with Crippen LogP contribution in [0.4, 0.5) is 11.4 Å². The van der Waals surface area contributed by atoms with Crippen molar-refractivity contribution >= 4 is 55.1 Å². The van der Waals surface area contributed by atoms with Gasteiger partial charge in [0.25, 0.3) is 0 Å². The number of nitrogens with one attached hydrogen (secondary N) is 1. The number of carboxylic acid groups (broad SMARTS) is 1. The van der Waals surface area contributed by atoms with Crippen molar-refractivity contribution < 1.29 is 49.7 Å². The van der Waals surface area contributed by atoms with Crippen LogP contribution in [0.3, 0.4) is 0 Å². The molecule has 128 valence electrons. The van der Waals surface area contributed by atoms with Gasteiger partial charge >= 0.3 is 35.5 Å². The van der Waals surface area contributed by atoms with Gasteiger partial charge < -0.3 is 21.6 Å². The number of nitrogens with two attached hydrogens (primary N) is 1. The van der Waals surface area contributed by atoms with Gasteiger partial charge in [-0.3, -0.25) is 9.59 Å². The van der Waals surface area contributed by atoms with Crippen LogP contribution < -0.4 is 40.6 Å². The van der Waals surface area contributed by atoms with Gasteiger partial charge in [0.15, 0.2) is 0 Å². The van der Waals surface area contributed by atoms with E-state index >= 15 is 0 Å². The van der Waals surface area contributed by atoms with E-state index in [1.54, 1.807) is 18.2 Å². The quantitative estimate of drug-likeness (QED) is 0.424. The van der Waals surface area contributed by atoms with Crippen molar-refractivity contribution in [1.29, 1.82) is 0 Å². The Morgan fingerprint density at radius 1 is 1.16 bits per heavy atom. The molecule has 1 aliphatic rings. The molecule has 1 amide bonds. The molecule has 5 N–H and O–H groups in total. The number of fused-ring (bicyclic) bond motifs is 1. The van der Waals surface area contributed by atoms with Crippen LogP contribution in [-0.4, -0.2) is 22.5 Å². The summed E-state index contributed by atoms with van der Waals surface area (Å²) in [6.07, 6.45) is 0.472. The van der Waals surface area contributed by atoms with E-state index in [2.05, 4.69) is 37.2 Å². The molecular weight excluding hydrogens is 467 g/mol. The zero-order valence-electron chi connectivity index (χ0n) is 13.4. The summed E-state index contributed by atoms with van der Waals surface area (Å²) in [7, 11) is 0. The summed E-state index contributed by atoms with van der Waals surface area (Å²) in [5, 5.41) is 11.3. The summed E-state index contributed by atoms with van der Waals surface area (Å²) in [5.41, 5.74) is 8.72. The van der Waals surface area contributed by atoms with Gasteiger partial charge in [-0.05, 0) is 47.5 Å². The molecule has 0 aliphatic carbocycles. The SMILES string of the molecule is Nc1ccc(Br)cc1CC(=O)O.O=C1Cc2cc(Br)ccc2N1.[Na+].[OH-]. The van der Waals surface area contributed by atoms with Gasteiger partial charge in [-0.1, -0.05) is 31.9 Å². The first-order chi connectivity index (χ1) is 10.8. The van der Waals surface area contributed by atoms with E-state index in [1.165, 1.54) is 0 Å². The van der Waals surface area contributed by atoms with Gasteiger partial charge in [0, 0.05) is 20.3 Å². The molecule has 3 rings (SSSR count). The maximum Gasteiger partial charge on any atom is 1.00 e. The summed E-state index contributed by atoms with van der Waals surface area (Å²) in [6.45, 7) is 0. The fraction of sp³-hybridized carbons (Fsp3) is 0.125. The van der Waals surface area contributed by atoms with Gasteiger partial charge in [-0.15, -0.1) is 0 Å². The molecule has 25 heavy (non-hydrogen) atoms. The molecule has 0 fully saturated rings. The molecule has 0 saturated carbocycles. The summed E-state index contributed by atoms with van der Waals surface area (Å²) < 4.78 is 1.86. The number of rotatable bonds is 2. The summed E-state index contributed by atoms with van der Waals surface area (Å²) >= 11 is 6.58. The fourth-order valence-electron chi connectivity index (χ4n) is 2.09. The summed E-state index contributed by atoms with van der Waals surface area (Å²) in [4.78, 5) is 21.2. The number of carbonyl (C=O) groups excluding carboxylic acids is 1. The van der Waals surface area contributed by atoms with Crippen molar-refractivity contribution in [1.82, 2.24) is 0 Å². The van der Waals surface area contributed by atoms with Crippen molar-refractivity contribution in [3.8, 4) is 0 Å². The van der Waals surface area contributed by atoms with Crippen molar-refractivity contribution in [2.75, 3.05) is 11.1 Å². The average molecular weight is 482 g/mol. The van der Waals surface area contributed by atoms with Crippen molar-refractivity contribution in [2.45, 2.75) is 12.8 Å². The molecule has 0 aromatic heterocycles. The standard InChI is InChI=1S/C8H8BrNO2.C8H6BrNO.Na.H2O/c9-6-1-2-7(10)5(3-6)4-8(11)12;9-6-1-2-7-5(3-6)4-8(11)10-7;;/h1-3H,4,10H2,(H,11,12);1-3H,4H2,(H,10,11);;1H2/q;;+1;/p-1. The summed E-state index contributed by atoms with van der Waals surface area (Å²) in [6, 6.07) is 11.0. The average Bonchev–Trinajstić information content (AvgIpc) is 2.82. The molecule has 0 bridgehead atoms. The van der Waals surface area contributed by atoms with Gasteiger partial charge in [0.1, 0.15) is 0 Å². The Morgan fingerprint density at radius 3 is 2.40 bits per heavy atom. The van der Waals surface area contributed by atoms with E-state index in [-0.39, 0.29) is 47.4 Å². The first-order valence-electron chi connectivity index (χ1n) is 6.69. The van der Waals surface area contributed by atoms with E-state index in [9.17, 15) is 9.59 Å². The normalized spacial score (nSPS) is 11.0. The third kappa shape index (κ3) is 7.47. The van der Waals surface area contributed by atoms with Gasteiger partial charge in [-0.2, -0.15) is 0 Å². The van der Waals surface area contributed by atoms with Crippen molar-refractivity contribution in [3.63, 3.8) is 0 Å². The Hall–Kier alpha value is -0.900. The number of carboxylic acids is 1. The first-order valence-corrected chi connectivity index (χ1v) is 8.27. The van der Waals surface area contributed by atoms with Crippen LogP contribution in [0.15, 0.2) is 45.3 Å². The fourth-order valence-corrected chi connectivity index (χ4v) is 2.91. The van der Waals surface area contributed by atoms with Crippen LogP contribution in [0.25, 0.3) is 0 Å². The molecule has 0 unspecified atom stereocenters. The summed E-state index contributed by atoms with van der Waals surface area (Å²) in [5.74, 6) is -0.794. The minimum atomic E-state index is -0.875. The van der Waals surface area contributed by atoms with Crippen LogP contribution in [0.5, 0.6) is 0 Å². The smallest absolute Gasteiger partial charge is 0.870 e. The van der Waals surface area contributed by atoms with Crippen molar-refractivity contribution in [2.24, 2.45) is 0 Å². The van der Waals surface area contributed by atoms with E-state index < -0.39 is 5.97 Å². The Morgan fingerprint density at radius 2 is 1.76 bits per heavy atom. The van der Waals surface area contributed by atoms with E-state index in [4.69, 9.17) is 10.8 Å². The zero-order valence-corrected chi connectivity index (χ0v) is 18.6. The largest absolute Gasteiger partial charge is 1.00 e. The molecule has 6 nitrogen and oxygen atoms in total. The predicted molar refractivity (Wildman–Crippen MR) is 98.3 cm³/mol. The third-order valence-electron chi connectivity index (χ3n) is 3.14. The minimum absolute atomic E-state index is 0. The predicted octanol–water partition coefficient (Wildman–Crippen LogP) is 0.429. The molecule has 2 aromatic carbocycles. The molecule has 2 aromatic rings. The first kappa shape index (κ1) is 24.1. The monoisotopic (exact) mass is 480 g/mol. The van der Waals surface area contributed by atoms with Gasteiger partial charge in [0.05, 0.1) is 12.8 Å². The third-order valence-corrected chi connectivity index (χ3v) is 4.13. The van der Waals surface area contributed by atoms with E-state index in [0.717, 1.165) is 20.2 Å². The zero-order chi connectivity index (χ0) is 17.0. The molecular formula is C16H15Br2N2NaO4. The molecule has 0 spiro atoms. The number of benzene rings is 2. The molecule has 0 saturated heterocycles. The molecule has 1 heterocycles. The molecule has 0 atom stereocenters. The van der Waals surface area contributed by atoms with Gasteiger partial charge in [-0.25, -0.2) is 0 Å². The minimum Gasteiger partial charge on any atom is -0.870 e. The number of aliphatic carboxylic acids is 1. The number of hydrogen-bond donors (Lipinski definition) is 3. The maximum absolute atomic E-state index is 10.9. The van der Waals surface area contributed by atoms with Crippen LogP contribution in [-0.2, 0) is 22.4 Å². The van der Waals surface area contributed by atoms with E-state index in [0.29, 0.717) is 17.7 Å². The number of hydrogen-bond acceptors (Lipinski definition) is 4. The van der Waals surface area contributed by atoms with E-state index in [1.807, 2.05) is 18.2 Å². The molecule has 9 heteroatoms. The Bertz CT molecular complexity index is 772. The number of anilines is 2. The second-order valence-electron chi connectivity index (χ2n) is 4.94. The van der Waals surface area contributed by atoms with Crippen LogP contribution in [0, 0.1) is 0 Å². The molecule has 1 aliphatic heterocycles. The Kier molecular flexibility index (Phi) is 10.6. The topological polar surface area (TPSA) is 122 Å². The number of nitrogen functional groups attached to an aromatic ring is 1. The molecule has 0 radical (unpaired) electrons. The number of carbonyl (C=O) groups is 2. The maximum atomic E-state index is 10.9. The number of amides is 1.